The highest BCUT2D eigenvalue weighted by Crippen LogP contribution is 2.38. The second-order valence-electron chi connectivity index (χ2n) is 6.42. The first-order valence-corrected chi connectivity index (χ1v) is 7.69. The van der Waals surface area contributed by atoms with E-state index in [1.54, 1.807) is 0 Å². The fourth-order valence-electron chi connectivity index (χ4n) is 2.95. The van der Waals surface area contributed by atoms with Crippen molar-refractivity contribution in [3.8, 4) is 5.75 Å². The number of fused-ring (bicyclic) bond motifs is 1. The first-order chi connectivity index (χ1) is 9.24. The van der Waals surface area contributed by atoms with Gasteiger partial charge in [-0.3, -0.25) is 0 Å². The summed E-state index contributed by atoms with van der Waals surface area (Å²) < 4.78 is 5.78. The molecule has 2 heteroatoms. The van der Waals surface area contributed by atoms with Crippen LogP contribution in [-0.2, 0) is 0 Å². The van der Waals surface area contributed by atoms with Crippen LogP contribution in [0.5, 0.6) is 5.75 Å². The standard InChI is InChI=1S/C17H25NO/c1-12(13(2)10-18-15-7-8-15)9-14-11-19-17-6-4-3-5-16(14)17/h3-6,12-15,18H,7-11H2,1-2H3. The van der Waals surface area contributed by atoms with E-state index in [4.69, 9.17) is 4.74 Å². The molecule has 0 radical (unpaired) electrons. The van der Waals surface area contributed by atoms with Gasteiger partial charge in [-0.15, -0.1) is 0 Å². The molecule has 1 aromatic carbocycles. The lowest BCUT2D eigenvalue weighted by Gasteiger charge is -2.23. The van der Waals surface area contributed by atoms with Crippen molar-refractivity contribution < 1.29 is 4.74 Å². The average molecular weight is 259 g/mol. The van der Waals surface area contributed by atoms with Crippen molar-refractivity contribution in [1.82, 2.24) is 5.32 Å². The molecule has 0 saturated heterocycles. The molecule has 3 rings (SSSR count). The van der Waals surface area contributed by atoms with Gasteiger partial charge in [0.2, 0.25) is 0 Å². The Morgan fingerprint density at radius 2 is 2.00 bits per heavy atom. The Hall–Kier alpha value is -1.02. The summed E-state index contributed by atoms with van der Waals surface area (Å²) in [7, 11) is 0. The Balaban J connectivity index is 1.53. The fraction of sp³-hybridized carbons (Fsp3) is 0.647. The lowest BCUT2D eigenvalue weighted by Crippen LogP contribution is -2.27. The topological polar surface area (TPSA) is 21.3 Å². The summed E-state index contributed by atoms with van der Waals surface area (Å²) in [6.45, 7) is 6.80. The van der Waals surface area contributed by atoms with Crippen molar-refractivity contribution >= 4 is 0 Å². The Bertz CT molecular complexity index is 427. The van der Waals surface area contributed by atoms with Gasteiger partial charge >= 0.3 is 0 Å². The van der Waals surface area contributed by atoms with Crippen molar-refractivity contribution in [3.05, 3.63) is 29.8 Å². The quantitative estimate of drug-likeness (QED) is 0.843. The van der Waals surface area contributed by atoms with Crippen LogP contribution >= 0.6 is 0 Å². The van der Waals surface area contributed by atoms with Crippen LogP contribution in [0.2, 0.25) is 0 Å². The summed E-state index contributed by atoms with van der Waals surface area (Å²) in [6.07, 6.45) is 4.00. The van der Waals surface area contributed by atoms with E-state index in [0.717, 1.165) is 30.2 Å². The van der Waals surface area contributed by atoms with Gasteiger partial charge in [-0.05, 0) is 43.7 Å². The van der Waals surface area contributed by atoms with Gasteiger partial charge in [0, 0.05) is 17.5 Å². The number of ether oxygens (including phenoxy) is 1. The molecule has 0 spiro atoms. The summed E-state index contributed by atoms with van der Waals surface area (Å²) in [5.74, 6) is 3.18. The van der Waals surface area contributed by atoms with Gasteiger partial charge in [0.1, 0.15) is 5.75 Å². The molecular weight excluding hydrogens is 234 g/mol. The normalized spacial score (nSPS) is 24.6. The Labute approximate surface area is 116 Å². The molecule has 0 bridgehead atoms. The smallest absolute Gasteiger partial charge is 0.122 e. The molecular formula is C17H25NO. The molecule has 3 unspecified atom stereocenters. The molecule has 1 saturated carbocycles. The third kappa shape index (κ3) is 3.11. The van der Waals surface area contributed by atoms with Gasteiger partial charge < -0.3 is 10.1 Å². The number of nitrogens with one attached hydrogen (secondary N) is 1. The van der Waals surface area contributed by atoms with Crippen LogP contribution in [0.3, 0.4) is 0 Å². The molecule has 0 aromatic heterocycles. The maximum absolute atomic E-state index is 5.78. The van der Waals surface area contributed by atoms with Crippen molar-refractivity contribution in [1.29, 1.82) is 0 Å². The average Bonchev–Trinajstić information content (AvgIpc) is 3.18. The van der Waals surface area contributed by atoms with Crippen LogP contribution in [-0.4, -0.2) is 19.2 Å². The third-order valence-corrected chi connectivity index (χ3v) is 4.73. The van der Waals surface area contributed by atoms with E-state index in [1.807, 2.05) is 0 Å². The number of rotatable bonds is 6. The molecule has 1 heterocycles. The summed E-state index contributed by atoms with van der Waals surface area (Å²) in [4.78, 5) is 0. The summed E-state index contributed by atoms with van der Waals surface area (Å²) in [5.41, 5.74) is 1.41. The van der Waals surface area contributed by atoms with Crippen molar-refractivity contribution in [3.63, 3.8) is 0 Å². The van der Waals surface area contributed by atoms with Gasteiger partial charge in [0.05, 0.1) is 6.61 Å². The number of benzene rings is 1. The van der Waals surface area contributed by atoms with E-state index in [-0.39, 0.29) is 0 Å². The van der Waals surface area contributed by atoms with Gasteiger partial charge in [-0.25, -0.2) is 0 Å². The molecule has 1 aromatic rings. The Morgan fingerprint density at radius 1 is 1.21 bits per heavy atom. The van der Waals surface area contributed by atoms with E-state index in [2.05, 4.69) is 43.4 Å². The zero-order valence-electron chi connectivity index (χ0n) is 12.1. The van der Waals surface area contributed by atoms with Crippen LogP contribution < -0.4 is 10.1 Å². The zero-order valence-corrected chi connectivity index (χ0v) is 12.1. The molecule has 0 amide bonds. The van der Waals surface area contributed by atoms with Gasteiger partial charge in [-0.1, -0.05) is 32.0 Å². The highest BCUT2D eigenvalue weighted by Gasteiger charge is 2.28. The highest BCUT2D eigenvalue weighted by atomic mass is 16.5. The number of para-hydroxylation sites is 1. The minimum absolute atomic E-state index is 0.592. The molecule has 1 aliphatic heterocycles. The first kappa shape index (κ1) is 13.0. The predicted molar refractivity (Wildman–Crippen MR) is 78.6 cm³/mol. The maximum Gasteiger partial charge on any atom is 0.122 e. The van der Waals surface area contributed by atoms with Gasteiger partial charge in [-0.2, -0.15) is 0 Å². The lowest BCUT2D eigenvalue weighted by atomic mass is 9.84. The second-order valence-corrected chi connectivity index (χ2v) is 6.42. The van der Waals surface area contributed by atoms with Crippen molar-refractivity contribution in [2.45, 2.75) is 45.1 Å². The lowest BCUT2D eigenvalue weighted by molar-refractivity contribution is 0.278. The zero-order chi connectivity index (χ0) is 13.2. The second kappa shape index (κ2) is 5.54. The molecule has 1 aliphatic carbocycles. The van der Waals surface area contributed by atoms with E-state index in [9.17, 15) is 0 Å². The highest BCUT2D eigenvalue weighted by molar-refractivity contribution is 5.39. The summed E-state index contributed by atoms with van der Waals surface area (Å²) in [6, 6.07) is 9.34. The minimum atomic E-state index is 0.592. The molecule has 2 aliphatic rings. The van der Waals surface area contributed by atoms with Crippen LogP contribution in [0.15, 0.2) is 24.3 Å². The monoisotopic (exact) mass is 259 g/mol. The SMILES string of the molecule is CC(CNC1CC1)C(C)CC1COc2ccccc21. The Kier molecular flexibility index (Phi) is 3.79. The molecule has 2 nitrogen and oxygen atoms in total. The number of hydrogen-bond acceptors (Lipinski definition) is 2. The largest absolute Gasteiger partial charge is 0.493 e. The maximum atomic E-state index is 5.78. The van der Waals surface area contributed by atoms with E-state index in [0.29, 0.717) is 5.92 Å². The molecule has 19 heavy (non-hydrogen) atoms. The predicted octanol–water partition coefficient (Wildman–Crippen LogP) is 3.58. The van der Waals surface area contributed by atoms with E-state index < -0.39 is 0 Å². The fourth-order valence-corrected chi connectivity index (χ4v) is 2.95. The molecule has 104 valence electrons. The Morgan fingerprint density at radius 3 is 2.79 bits per heavy atom. The van der Waals surface area contributed by atoms with Crippen LogP contribution in [0, 0.1) is 11.8 Å². The molecule has 1 fully saturated rings. The van der Waals surface area contributed by atoms with Crippen LogP contribution in [0.25, 0.3) is 0 Å². The van der Waals surface area contributed by atoms with Crippen LogP contribution in [0.4, 0.5) is 0 Å². The van der Waals surface area contributed by atoms with Crippen LogP contribution in [0.1, 0.15) is 44.6 Å². The first-order valence-electron chi connectivity index (χ1n) is 7.69. The van der Waals surface area contributed by atoms with E-state index >= 15 is 0 Å². The molecule has 3 atom stereocenters. The summed E-state index contributed by atoms with van der Waals surface area (Å²) >= 11 is 0. The molecule has 1 N–H and O–H groups in total. The van der Waals surface area contributed by atoms with Gasteiger partial charge in [0.25, 0.3) is 0 Å². The minimum Gasteiger partial charge on any atom is -0.493 e. The summed E-state index contributed by atoms with van der Waals surface area (Å²) in [5, 5.41) is 3.65. The van der Waals surface area contributed by atoms with Gasteiger partial charge in [0.15, 0.2) is 0 Å². The van der Waals surface area contributed by atoms with Crippen molar-refractivity contribution in [2.75, 3.05) is 13.2 Å². The third-order valence-electron chi connectivity index (χ3n) is 4.73. The van der Waals surface area contributed by atoms with Crippen molar-refractivity contribution in [2.24, 2.45) is 11.8 Å². The number of hydrogen-bond donors (Lipinski definition) is 1. The van der Waals surface area contributed by atoms with E-state index in [1.165, 1.54) is 31.4 Å².